The number of benzene rings is 1. The normalized spacial score (nSPS) is 11.9. The minimum absolute atomic E-state index is 0.0545. The number of thiophene rings is 1. The first-order valence-electron chi connectivity index (χ1n) is 7.17. The zero-order chi connectivity index (χ0) is 17.0. The minimum atomic E-state index is 0.0545. The van der Waals surface area contributed by atoms with Crippen molar-refractivity contribution < 1.29 is 14.3 Å². The fourth-order valence-corrected chi connectivity index (χ4v) is 3.54. The van der Waals surface area contributed by atoms with Crippen LogP contribution in [0.25, 0.3) is 0 Å². The number of hydrogen-bond donors (Lipinski definition) is 0. The predicted octanol–water partition coefficient (Wildman–Crippen LogP) is 4.29. The molecule has 23 heavy (non-hydrogen) atoms. The number of ether oxygens (including phenoxy) is 2. The van der Waals surface area contributed by atoms with E-state index in [-0.39, 0.29) is 11.9 Å². The molecule has 1 heterocycles. The molecule has 0 aliphatic heterocycles. The number of amides is 1. The largest absolute Gasteiger partial charge is 0.493 e. The second kappa shape index (κ2) is 7.84. The molecule has 0 saturated carbocycles. The summed E-state index contributed by atoms with van der Waals surface area (Å²) in [4.78, 5) is 15.5. The van der Waals surface area contributed by atoms with Gasteiger partial charge in [0.2, 0.25) is 5.91 Å². The van der Waals surface area contributed by atoms with E-state index in [9.17, 15) is 4.79 Å². The van der Waals surface area contributed by atoms with E-state index in [2.05, 4.69) is 15.9 Å². The number of rotatable bonds is 6. The Labute approximate surface area is 149 Å². The summed E-state index contributed by atoms with van der Waals surface area (Å²) >= 11 is 5.16. The van der Waals surface area contributed by atoms with E-state index in [1.54, 1.807) is 30.5 Å². The predicted molar refractivity (Wildman–Crippen MR) is 96.5 cm³/mol. The van der Waals surface area contributed by atoms with Gasteiger partial charge in [-0.2, -0.15) is 0 Å². The highest BCUT2D eigenvalue weighted by Crippen LogP contribution is 2.34. The van der Waals surface area contributed by atoms with E-state index >= 15 is 0 Å². The van der Waals surface area contributed by atoms with Gasteiger partial charge in [-0.3, -0.25) is 4.79 Å². The molecule has 2 rings (SSSR count). The average Bonchev–Trinajstić information content (AvgIpc) is 3.09. The molecule has 0 radical (unpaired) electrons. The molecule has 1 unspecified atom stereocenters. The molecule has 1 amide bonds. The third kappa shape index (κ3) is 4.06. The number of likely N-dealkylation sites (N-methyl/N-ethyl adjacent to an activating group) is 1. The first-order chi connectivity index (χ1) is 11.0. The molecule has 1 aromatic heterocycles. The maximum absolute atomic E-state index is 12.6. The Bertz CT molecular complexity index is 673. The van der Waals surface area contributed by atoms with Gasteiger partial charge in [-0.1, -0.05) is 22.0 Å². The molecule has 0 fully saturated rings. The molecule has 1 aromatic carbocycles. The third-order valence-electron chi connectivity index (χ3n) is 3.82. The summed E-state index contributed by atoms with van der Waals surface area (Å²) in [6.07, 6.45) is 0.299. The average molecular weight is 398 g/mol. The van der Waals surface area contributed by atoms with Crippen LogP contribution in [-0.4, -0.2) is 32.1 Å². The highest BCUT2D eigenvalue weighted by atomic mass is 79.9. The molecule has 6 heteroatoms. The first kappa shape index (κ1) is 17.8. The molecular weight excluding hydrogens is 378 g/mol. The molecule has 0 aliphatic rings. The fourth-order valence-electron chi connectivity index (χ4n) is 2.26. The number of carbonyl (C=O) groups is 1. The standard InChI is InChI=1S/C17H20BrNO3S/c1-11(16-6-5-7-23-16)19(2)17(20)9-12-8-14(21-3)15(22-4)10-13(12)18/h5-8,10-11H,9H2,1-4H3. The van der Waals surface area contributed by atoms with Gasteiger partial charge in [-0.05, 0) is 36.1 Å². The van der Waals surface area contributed by atoms with Crippen molar-refractivity contribution in [2.75, 3.05) is 21.3 Å². The molecule has 0 saturated heterocycles. The summed E-state index contributed by atoms with van der Waals surface area (Å²) in [6, 6.07) is 7.76. The number of methoxy groups -OCH3 is 2. The zero-order valence-corrected chi connectivity index (χ0v) is 16.0. The van der Waals surface area contributed by atoms with E-state index in [1.165, 1.54) is 4.88 Å². The lowest BCUT2D eigenvalue weighted by Gasteiger charge is -2.24. The van der Waals surface area contributed by atoms with Crippen LogP contribution >= 0.6 is 27.3 Å². The monoisotopic (exact) mass is 397 g/mol. The molecule has 2 aromatic rings. The highest BCUT2D eigenvalue weighted by molar-refractivity contribution is 9.10. The fraction of sp³-hybridized carbons (Fsp3) is 0.353. The van der Waals surface area contributed by atoms with E-state index in [4.69, 9.17) is 9.47 Å². The summed E-state index contributed by atoms with van der Waals surface area (Å²) in [5, 5.41) is 2.02. The summed E-state index contributed by atoms with van der Waals surface area (Å²) in [5.41, 5.74) is 0.873. The van der Waals surface area contributed by atoms with Crippen molar-refractivity contribution in [1.29, 1.82) is 0 Å². The van der Waals surface area contributed by atoms with E-state index < -0.39 is 0 Å². The zero-order valence-electron chi connectivity index (χ0n) is 13.6. The van der Waals surface area contributed by atoms with Crippen LogP contribution in [0.3, 0.4) is 0 Å². The van der Waals surface area contributed by atoms with Crippen LogP contribution in [0.15, 0.2) is 34.1 Å². The van der Waals surface area contributed by atoms with Gasteiger partial charge in [-0.15, -0.1) is 11.3 Å². The van der Waals surface area contributed by atoms with Gasteiger partial charge in [0.1, 0.15) is 0 Å². The lowest BCUT2D eigenvalue weighted by molar-refractivity contribution is -0.131. The summed E-state index contributed by atoms with van der Waals surface area (Å²) < 4.78 is 11.4. The topological polar surface area (TPSA) is 38.8 Å². The lowest BCUT2D eigenvalue weighted by atomic mass is 10.1. The molecule has 0 bridgehead atoms. The maximum atomic E-state index is 12.6. The molecule has 1 atom stereocenters. The van der Waals surface area contributed by atoms with Crippen molar-refractivity contribution in [3.63, 3.8) is 0 Å². The van der Waals surface area contributed by atoms with Crippen LogP contribution in [-0.2, 0) is 11.2 Å². The maximum Gasteiger partial charge on any atom is 0.227 e. The minimum Gasteiger partial charge on any atom is -0.493 e. The highest BCUT2D eigenvalue weighted by Gasteiger charge is 2.20. The van der Waals surface area contributed by atoms with E-state index in [0.717, 1.165) is 10.0 Å². The molecule has 0 aliphatic carbocycles. The Morgan fingerprint density at radius 2 is 1.96 bits per heavy atom. The summed E-state index contributed by atoms with van der Waals surface area (Å²) in [6.45, 7) is 2.04. The van der Waals surface area contributed by atoms with Crippen molar-refractivity contribution in [3.05, 3.63) is 44.6 Å². The number of carbonyl (C=O) groups excluding carboxylic acids is 1. The van der Waals surface area contributed by atoms with Crippen LogP contribution in [0.4, 0.5) is 0 Å². The second-order valence-electron chi connectivity index (χ2n) is 5.17. The molecule has 124 valence electrons. The lowest BCUT2D eigenvalue weighted by Crippen LogP contribution is -2.30. The van der Waals surface area contributed by atoms with Gasteiger partial charge in [-0.25, -0.2) is 0 Å². The Balaban J connectivity index is 2.16. The molecule has 0 spiro atoms. The van der Waals surface area contributed by atoms with Crippen molar-refractivity contribution in [2.24, 2.45) is 0 Å². The van der Waals surface area contributed by atoms with Crippen molar-refractivity contribution >= 4 is 33.2 Å². The quantitative estimate of drug-likeness (QED) is 0.729. The van der Waals surface area contributed by atoms with E-state index in [0.29, 0.717) is 17.9 Å². The molecule has 0 N–H and O–H groups in total. The molecule has 4 nitrogen and oxygen atoms in total. The van der Waals surface area contributed by atoms with E-state index in [1.807, 2.05) is 43.6 Å². The Hall–Kier alpha value is -1.53. The van der Waals surface area contributed by atoms with Crippen molar-refractivity contribution in [1.82, 2.24) is 4.90 Å². The van der Waals surface area contributed by atoms with Crippen molar-refractivity contribution in [2.45, 2.75) is 19.4 Å². The molecular formula is C17H20BrNO3S. The summed E-state index contributed by atoms with van der Waals surface area (Å²) in [7, 11) is 5.01. The Morgan fingerprint density at radius 3 is 2.52 bits per heavy atom. The second-order valence-corrected chi connectivity index (χ2v) is 7.01. The number of halogens is 1. The van der Waals surface area contributed by atoms with Gasteiger partial charge < -0.3 is 14.4 Å². The van der Waals surface area contributed by atoms with Gasteiger partial charge >= 0.3 is 0 Å². The Kier molecular flexibility index (Phi) is 6.07. The first-order valence-corrected chi connectivity index (χ1v) is 8.84. The Morgan fingerprint density at radius 1 is 1.30 bits per heavy atom. The van der Waals surface area contributed by atoms with Crippen LogP contribution < -0.4 is 9.47 Å². The van der Waals surface area contributed by atoms with Gasteiger partial charge in [0.05, 0.1) is 26.7 Å². The SMILES string of the molecule is COc1cc(Br)c(CC(=O)N(C)C(C)c2cccs2)cc1OC. The van der Waals surface area contributed by atoms with Crippen LogP contribution in [0, 0.1) is 0 Å². The van der Waals surface area contributed by atoms with Gasteiger partial charge in [0, 0.05) is 16.4 Å². The van der Waals surface area contributed by atoms with Crippen LogP contribution in [0.1, 0.15) is 23.4 Å². The van der Waals surface area contributed by atoms with Crippen LogP contribution in [0.5, 0.6) is 11.5 Å². The van der Waals surface area contributed by atoms with Crippen LogP contribution in [0.2, 0.25) is 0 Å². The third-order valence-corrected chi connectivity index (χ3v) is 5.60. The number of nitrogens with zero attached hydrogens (tertiary/aromatic N) is 1. The number of hydrogen-bond acceptors (Lipinski definition) is 4. The smallest absolute Gasteiger partial charge is 0.227 e. The van der Waals surface area contributed by atoms with Gasteiger partial charge in [0.15, 0.2) is 11.5 Å². The van der Waals surface area contributed by atoms with Gasteiger partial charge in [0.25, 0.3) is 0 Å². The summed E-state index contributed by atoms with van der Waals surface area (Å²) in [5.74, 6) is 1.31. The van der Waals surface area contributed by atoms with Crippen molar-refractivity contribution in [3.8, 4) is 11.5 Å².